The molecule has 2 N–H and O–H groups in total. The lowest BCUT2D eigenvalue weighted by Crippen LogP contribution is -2.30. The molecule has 0 heterocycles. The molecule has 0 fully saturated rings. The Morgan fingerprint density at radius 1 is 1.07 bits per heavy atom. The molecule has 14 heavy (non-hydrogen) atoms. The molecule has 0 aliphatic rings. The molecule has 0 saturated heterocycles. The van der Waals surface area contributed by atoms with Crippen LogP contribution in [-0.2, 0) is 14.3 Å². The minimum atomic E-state index is 0.0481. The molecule has 0 rings (SSSR count). The van der Waals surface area contributed by atoms with Gasteiger partial charge in [-0.2, -0.15) is 0 Å². The molecule has 84 valence electrons. The molecule has 0 bridgehead atoms. The van der Waals surface area contributed by atoms with E-state index in [1.807, 2.05) is 0 Å². The van der Waals surface area contributed by atoms with Crippen LogP contribution in [0.1, 0.15) is 6.42 Å². The maximum absolute atomic E-state index is 11.1. The van der Waals surface area contributed by atoms with Crippen LogP contribution < -0.4 is 10.6 Å². The highest BCUT2D eigenvalue weighted by molar-refractivity contribution is 5.75. The highest BCUT2D eigenvalue weighted by Gasteiger charge is 1.98. The second-order valence-corrected chi connectivity index (χ2v) is 2.84. The summed E-state index contributed by atoms with van der Waals surface area (Å²) in [5.74, 6) is 0.0481. The largest absolute Gasteiger partial charge is 0.383 e. The van der Waals surface area contributed by atoms with E-state index in [-0.39, 0.29) is 5.91 Å². The first-order chi connectivity index (χ1) is 6.81. The lowest BCUT2D eigenvalue weighted by atomic mass is 10.4. The fraction of sp³-hybridized carbons (Fsp3) is 0.889. The molecule has 5 heteroatoms. The number of hydrogen-bond acceptors (Lipinski definition) is 4. The van der Waals surface area contributed by atoms with Crippen LogP contribution in [0.2, 0.25) is 0 Å². The van der Waals surface area contributed by atoms with Crippen molar-refractivity contribution in [2.24, 2.45) is 0 Å². The number of rotatable bonds is 9. The number of amides is 1. The zero-order valence-electron chi connectivity index (χ0n) is 8.97. The van der Waals surface area contributed by atoms with Gasteiger partial charge in [-0.05, 0) is 0 Å². The molecule has 0 radical (unpaired) electrons. The SMILES string of the molecule is COCCNCCC(=O)NCCOC. The van der Waals surface area contributed by atoms with Crippen LogP contribution in [0.3, 0.4) is 0 Å². The third-order valence-electron chi connectivity index (χ3n) is 1.64. The first kappa shape index (κ1) is 13.4. The Balaban J connectivity index is 3.10. The van der Waals surface area contributed by atoms with Gasteiger partial charge in [0.2, 0.25) is 5.91 Å². The van der Waals surface area contributed by atoms with Crippen molar-refractivity contribution in [3.05, 3.63) is 0 Å². The van der Waals surface area contributed by atoms with E-state index in [2.05, 4.69) is 10.6 Å². The van der Waals surface area contributed by atoms with Gasteiger partial charge < -0.3 is 20.1 Å². The summed E-state index contributed by atoms with van der Waals surface area (Å²) < 4.78 is 9.65. The Hall–Kier alpha value is -0.650. The lowest BCUT2D eigenvalue weighted by molar-refractivity contribution is -0.121. The van der Waals surface area contributed by atoms with E-state index >= 15 is 0 Å². The van der Waals surface area contributed by atoms with Crippen molar-refractivity contribution in [3.8, 4) is 0 Å². The number of carbonyl (C=O) groups is 1. The molecule has 0 aliphatic heterocycles. The Morgan fingerprint density at radius 2 is 1.71 bits per heavy atom. The summed E-state index contributed by atoms with van der Waals surface area (Å²) in [6.07, 6.45) is 0.493. The fourth-order valence-corrected chi connectivity index (χ4v) is 0.882. The van der Waals surface area contributed by atoms with Crippen molar-refractivity contribution in [3.63, 3.8) is 0 Å². The number of carbonyl (C=O) groups excluding carboxylic acids is 1. The predicted octanol–water partition coefficient (Wildman–Crippen LogP) is -0.625. The quantitative estimate of drug-likeness (QED) is 0.491. The van der Waals surface area contributed by atoms with Gasteiger partial charge in [0.05, 0.1) is 13.2 Å². The Bertz CT molecular complexity index is 142. The van der Waals surface area contributed by atoms with Gasteiger partial charge in [0.15, 0.2) is 0 Å². The summed E-state index contributed by atoms with van der Waals surface area (Å²) in [4.78, 5) is 11.1. The fourth-order valence-electron chi connectivity index (χ4n) is 0.882. The standard InChI is InChI=1S/C9H20N2O3/c1-13-7-5-10-4-3-9(12)11-6-8-14-2/h10H,3-8H2,1-2H3,(H,11,12). The van der Waals surface area contributed by atoms with Gasteiger partial charge in [0.25, 0.3) is 0 Å². The molecule has 0 aromatic carbocycles. The van der Waals surface area contributed by atoms with Crippen LogP contribution in [0.25, 0.3) is 0 Å². The number of hydrogen-bond donors (Lipinski definition) is 2. The summed E-state index contributed by atoms with van der Waals surface area (Å²) in [6, 6.07) is 0. The van der Waals surface area contributed by atoms with Crippen molar-refractivity contribution in [1.82, 2.24) is 10.6 Å². The molecular formula is C9H20N2O3. The third kappa shape index (κ3) is 9.44. The summed E-state index contributed by atoms with van der Waals surface area (Å²) >= 11 is 0. The van der Waals surface area contributed by atoms with E-state index in [1.54, 1.807) is 14.2 Å². The van der Waals surface area contributed by atoms with Crippen molar-refractivity contribution in [1.29, 1.82) is 0 Å². The molecule has 0 spiro atoms. The van der Waals surface area contributed by atoms with Gasteiger partial charge in [0, 0.05) is 40.3 Å². The van der Waals surface area contributed by atoms with E-state index in [0.717, 1.165) is 6.54 Å². The van der Waals surface area contributed by atoms with Crippen molar-refractivity contribution < 1.29 is 14.3 Å². The highest BCUT2D eigenvalue weighted by Crippen LogP contribution is 1.77. The highest BCUT2D eigenvalue weighted by atomic mass is 16.5. The van der Waals surface area contributed by atoms with E-state index in [0.29, 0.717) is 32.7 Å². The van der Waals surface area contributed by atoms with Gasteiger partial charge in [-0.3, -0.25) is 4.79 Å². The predicted molar refractivity (Wildman–Crippen MR) is 54.2 cm³/mol. The topological polar surface area (TPSA) is 59.6 Å². The first-order valence-electron chi connectivity index (χ1n) is 4.76. The summed E-state index contributed by atoms with van der Waals surface area (Å²) in [7, 11) is 3.26. The molecule has 5 nitrogen and oxygen atoms in total. The van der Waals surface area contributed by atoms with Gasteiger partial charge in [0.1, 0.15) is 0 Å². The Labute approximate surface area is 85.1 Å². The van der Waals surface area contributed by atoms with Crippen LogP contribution in [0.15, 0.2) is 0 Å². The molecule has 1 amide bonds. The van der Waals surface area contributed by atoms with Crippen LogP contribution in [0.4, 0.5) is 0 Å². The second kappa shape index (κ2) is 10.4. The summed E-state index contributed by atoms with van der Waals surface area (Å²) in [5, 5.41) is 5.83. The summed E-state index contributed by atoms with van der Waals surface area (Å²) in [5.41, 5.74) is 0. The number of methoxy groups -OCH3 is 2. The van der Waals surface area contributed by atoms with Crippen molar-refractivity contribution in [2.45, 2.75) is 6.42 Å². The van der Waals surface area contributed by atoms with Gasteiger partial charge in [-0.25, -0.2) is 0 Å². The third-order valence-corrected chi connectivity index (χ3v) is 1.64. The second-order valence-electron chi connectivity index (χ2n) is 2.84. The summed E-state index contributed by atoms with van der Waals surface area (Å²) in [6.45, 7) is 3.27. The average molecular weight is 204 g/mol. The van der Waals surface area contributed by atoms with Crippen LogP contribution in [0, 0.1) is 0 Å². The molecule has 0 aromatic heterocycles. The smallest absolute Gasteiger partial charge is 0.221 e. The van der Waals surface area contributed by atoms with Gasteiger partial charge >= 0.3 is 0 Å². The average Bonchev–Trinajstić information content (AvgIpc) is 2.18. The van der Waals surface area contributed by atoms with Gasteiger partial charge in [-0.1, -0.05) is 0 Å². The van der Waals surface area contributed by atoms with E-state index in [4.69, 9.17) is 9.47 Å². The van der Waals surface area contributed by atoms with Crippen LogP contribution >= 0.6 is 0 Å². The molecule has 0 aromatic rings. The van der Waals surface area contributed by atoms with E-state index in [1.165, 1.54) is 0 Å². The van der Waals surface area contributed by atoms with E-state index < -0.39 is 0 Å². The molecular weight excluding hydrogens is 184 g/mol. The monoisotopic (exact) mass is 204 g/mol. The minimum absolute atomic E-state index is 0.0481. The first-order valence-corrected chi connectivity index (χ1v) is 4.76. The Morgan fingerprint density at radius 3 is 2.36 bits per heavy atom. The number of ether oxygens (including phenoxy) is 2. The van der Waals surface area contributed by atoms with Gasteiger partial charge in [-0.15, -0.1) is 0 Å². The molecule has 0 saturated carbocycles. The van der Waals surface area contributed by atoms with Crippen LogP contribution in [-0.4, -0.2) is 53.0 Å². The number of nitrogens with one attached hydrogen (secondary N) is 2. The minimum Gasteiger partial charge on any atom is -0.383 e. The lowest BCUT2D eigenvalue weighted by Gasteiger charge is -2.05. The van der Waals surface area contributed by atoms with E-state index in [9.17, 15) is 4.79 Å². The molecule has 0 aliphatic carbocycles. The Kier molecular flexibility index (Phi) is 9.95. The maximum atomic E-state index is 11.1. The van der Waals surface area contributed by atoms with Crippen LogP contribution in [0.5, 0.6) is 0 Å². The van der Waals surface area contributed by atoms with Crippen molar-refractivity contribution >= 4 is 5.91 Å². The normalized spacial score (nSPS) is 10.1. The molecule has 0 unspecified atom stereocenters. The zero-order chi connectivity index (χ0) is 10.6. The molecule has 0 atom stereocenters. The van der Waals surface area contributed by atoms with Crippen molar-refractivity contribution in [2.75, 3.05) is 47.1 Å². The maximum Gasteiger partial charge on any atom is 0.221 e. The zero-order valence-corrected chi connectivity index (χ0v) is 8.97.